The van der Waals surface area contributed by atoms with Gasteiger partial charge in [0.2, 0.25) is 10.0 Å². The fourth-order valence-corrected chi connectivity index (χ4v) is 5.82. The predicted molar refractivity (Wildman–Crippen MR) is 134 cm³/mol. The zero-order chi connectivity index (χ0) is 26.8. The minimum atomic E-state index is -3.94. The fourth-order valence-electron chi connectivity index (χ4n) is 4.21. The van der Waals surface area contributed by atoms with Crippen molar-refractivity contribution in [2.24, 2.45) is 5.73 Å². The van der Waals surface area contributed by atoms with Crippen LogP contribution in [0.2, 0.25) is 0 Å². The molecule has 194 valence electrons. The van der Waals surface area contributed by atoms with E-state index in [0.717, 1.165) is 0 Å². The van der Waals surface area contributed by atoms with E-state index in [1.807, 2.05) is 0 Å². The van der Waals surface area contributed by atoms with Gasteiger partial charge in [0, 0.05) is 12.0 Å². The molecule has 1 unspecified atom stereocenters. The normalized spacial score (nSPS) is 16.0. The summed E-state index contributed by atoms with van der Waals surface area (Å²) in [6, 6.07) is 17.2. The highest BCUT2D eigenvalue weighted by molar-refractivity contribution is 7.89. The standard InChI is InChI=1S/C27H27FN2O6S/c1-2-25(31)19-6-12-22(13-7-19)36-27(20-8-10-21(28)11-9-20)16-30(17-27)37(34,35)23-5-3-4-18(14-23)15-24(29)26(32)33/h3-14,24H,2,15-17,29H2,1H3,(H,32,33). The lowest BCUT2D eigenvalue weighted by Crippen LogP contribution is -2.64. The number of halogens is 1. The Balaban J connectivity index is 1.59. The summed E-state index contributed by atoms with van der Waals surface area (Å²) in [6.07, 6.45) is 0.355. The number of Topliss-reactive ketones (excluding diaryl/α,β-unsaturated/α-hetero) is 1. The molecular weight excluding hydrogens is 499 g/mol. The van der Waals surface area contributed by atoms with E-state index in [-0.39, 0.29) is 30.2 Å². The molecule has 0 spiro atoms. The van der Waals surface area contributed by atoms with Crippen LogP contribution < -0.4 is 10.5 Å². The number of rotatable bonds is 10. The molecule has 1 fully saturated rings. The first-order valence-electron chi connectivity index (χ1n) is 11.7. The molecule has 4 rings (SSSR count). The Hall–Kier alpha value is -3.60. The van der Waals surface area contributed by atoms with Crippen LogP contribution in [0.5, 0.6) is 5.75 Å². The molecule has 10 heteroatoms. The van der Waals surface area contributed by atoms with Gasteiger partial charge >= 0.3 is 5.97 Å². The smallest absolute Gasteiger partial charge is 0.320 e. The highest BCUT2D eigenvalue weighted by Gasteiger charge is 2.52. The Kier molecular flexibility index (Phi) is 7.44. The average molecular weight is 527 g/mol. The SMILES string of the molecule is CCC(=O)c1ccc(OC2(c3ccc(F)cc3)CN(S(=O)(=O)c3cccc(CC(N)C(=O)O)c3)C2)cc1. The molecule has 0 aliphatic carbocycles. The first-order valence-corrected chi connectivity index (χ1v) is 13.1. The van der Waals surface area contributed by atoms with Crippen LogP contribution in [0.25, 0.3) is 0 Å². The Morgan fingerprint density at radius 3 is 2.32 bits per heavy atom. The first kappa shape index (κ1) is 26.5. The molecular formula is C27H27FN2O6S. The van der Waals surface area contributed by atoms with Gasteiger partial charge in [-0.2, -0.15) is 4.31 Å². The number of carbonyl (C=O) groups is 2. The minimum Gasteiger partial charge on any atom is -0.480 e. The molecule has 0 radical (unpaired) electrons. The number of nitrogens with two attached hydrogens (primary N) is 1. The van der Waals surface area contributed by atoms with E-state index in [0.29, 0.717) is 28.9 Å². The summed E-state index contributed by atoms with van der Waals surface area (Å²) in [5.41, 5.74) is 6.17. The number of hydrogen-bond donors (Lipinski definition) is 2. The molecule has 8 nitrogen and oxygen atoms in total. The molecule has 1 aliphatic heterocycles. The van der Waals surface area contributed by atoms with Crippen LogP contribution in [0.3, 0.4) is 0 Å². The van der Waals surface area contributed by atoms with E-state index < -0.39 is 33.5 Å². The summed E-state index contributed by atoms with van der Waals surface area (Å²) in [6.45, 7) is 1.71. The highest BCUT2D eigenvalue weighted by Crippen LogP contribution is 2.40. The van der Waals surface area contributed by atoms with Gasteiger partial charge in [0.15, 0.2) is 11.4 Å². The Labute approximate surface area is 214 Å². The lowest BCUT2D eigenvalue weighted by atomic mass is 9.87. The molecule has 0 saturated carbocycles. The van der Waals surface area contributed by atoms with Crippen molar-refractivity contribution in [3.8, 4) is 5.75 Å². The maximum Gasteiger partial charge on any atom is 0.320 e. The number of carboxylic acid groups (broad SMARTS) is 1. The molecule has 37 heavy (non-hydrogen) atoms. The predicted octanol–water partition coefficient (Wildman–Crippen LogP) is 3.35. The summed E-state index contributed by atoms with van der Waals surface area (Å²) in [5, 5.41) is 9.06. The molecule has 0 bridgehead atoms. The van der Waals surface area contributed by atoms with Crippen molar-refractivity contribution in [2.75, 3.05) is 13.1 Å². The highest BCUT2D eigenvalue weighted by atomic mass is 32.2. The monoisotopic (exact) mass is 526 g/mol. The Bertz CT molecular complexity index is 1400. The lowest BCUT2D eigenvalue weighted by Gasteiger charge is -2.48. The first-order chi connectivity index (χ1) is 17.5. The van der Waals surface area contributed by atoms with Crippen LogP contribution in [-0.2, 0) is 26.8 Å². The minimum absolute atomic E-state index is 0.00717. The van der Waals surface area contributed by atoms with Crippen LogP contribution in [-0.4, -0.2) is 48.7 Å². The van der Waals surface area contributed by atoms with E-state index in [1.165, 1.54) is 28.6 Å². The van der Waals surface area contributed by atoms with E-state index >= 15 is 0 Å². The number of ether oxygens (including phenoxy) is 1. The number of benzene rings is 3. The molecule has 1 aliphatic rings. The lowest BCUT2D eigenvalue weighted by molar-refractivity contribution is -0.138. The van der Waals surface area contributed by atoms with Crippen LogP contribution in [0.1, 0.15) is 34.8 Å². The molecule has 1 atom stereocenters. The third kappa shape index (κ3) is 5.56. The van der Waals surface area contributed by atoms with Crippen LogP contribution in [0, 0.1) is 5.82 Å². The van der Waals surface area contributed by atoms with Crippen LogP contribution in [0.4, 0.5) is 4.39 Å². The second-order valence-electron chi connectivity index (χ2n) is 8.97. The maximum absolute atomic E-state index is 13.6. The number of aliphatic carboxylic acids is 1. The molecule has 0 amide bonds. The van der Waals surface area contributed by atoms with Crippen molar-refractivity contribution in [3.05, 3.63) is 95.3 Å². The largest absolute Gasteiger partial charge is 0.480 e. The number of ketones is 1. The van der Waals surface area contributed by atoms with E-state index in [2.05, 4.69) is 0 Å². The van der Waals surface area contributed by atoms with Gasteiger partial charge in [-0.05, 0) is 66.1 Å². The van der Waals surface area contributed by atoms with Gasteiger partial charge in [-0.15, -0.1) is 0 Å². The molecule has 0 aromatic heterocycles. The Morgan fingerprint density at radius 1 is 1.08 bits per heavy atom. The molecule has 3 aromatic carbocycles. The van der Waals surface area contributed by atoms with Crippen molar-refractivity contribution >= 4 is 21.8 Å². The second kappa shape index (κ2) is 10.4. The van der Waals surface area contributed by atoms with Crippen molar-refractivity contribution in [2.45, 2.75) is 36.3 Å². The molecule has 3 N–H and O–H groups in total. The zero-order valence-corrected chi connectivity index (χ0v) is 20.9. The topological polar surface area (TPSA) is 127 Å². The summed E-state index contributed by atoms with van der Waals surface area (Å²) in [5.74, 6) is -1.17. The maximum atomic E-state index is 13.6. The van der Waals surface area contributed by atoms with Crippen molar-refractivity contribution in [1.82, 2.24) is 4.31 Å². The third-order valence-corrected chi connectivity index (χ3v) is 8.14. The van der Waals surface area contributed by atoms with E-state index in [1.54, 1.807) is 55.5 Å². The van der Waals surface area contributed by atoms with Crippen molar-refractivity contribution < 1.29 is 32.2 Å². The van der Waals surface area contributed by atoms with Crippen LogP contribution >= 0.6 is 0 Å². The number of nitrogens with zero attached hydrogens (tertiary/aromatic N) is 1. The third-order valence-electron chi connectivity index (χ3n) is 6.35. The Morgan fingerprint density at radius 2 is 1.73 bits per heavy atom. The molecule has 1 saturated heterocycles. The summed E-state index contributed by atoms with van der Waals surface area (Å²) >= 11 is 0. The van der Waals surface area contributed by atoms with Gasteiger partial charge in [0.1, 0.15) is 17.6 Å². The molecule has 3 aromatic rings. The number of sulfonamides is 1. The van der Waals surface area contributed by atoms with Gasteiger partial charge in [-0.1, -0.05) is 31.2 Å². The zero-order valence-electron chi connectivity index (χ0n) is 20.1. The van der Waals surface area contributed by atoms with Crippen molar-refractivity contribution in [3.63, 3.8) is 0 Å². The fraction of sp³-hybridized carbons (Fsp3) is 0.259. The second-order valence-corrected chi connectivity index (χ2v) is 10.9. The van der Waals surface area contributed by atoms with Crippen molar-refractivity contribution in [1.29, 1.82) is 0 Å². The van der Waals surface area contributed by atoms with Gasteiger partial charge in [0.25, 0.3) is 0 Å². The summed E-state index contributed by atoms with van der Waals surface area (Å²) in [7, 11) is -3.94. The quantitative estimate of drug-likeness (QED) is 0.388. The number of hydrogen-bond acceptors (Lipinski definition) is 6. The van der Waals surface area contributed by atoms with Gasteiger partial charge in [-0.3, -0.25) is 9.59 Å². The van der Waals surface area contributed by atoms with E-state index in [4.69, 9.17) is 15.6 Å². The van der Waals surface area contributed by atoms with E-state index in [9.17, 15) is 22.4 Å². The average Bonchev–Trinajstić information content (AvgIpc) is 2.86. The number of carboxylic acids is 1. The summed E-state index contributed by atoms with van der Waals surface area (Å²) in [4.78, 5) is 23.0. The number of carbonyl (C=O) groups excluding carboxylic acids is 1. The molecule has 1 heterocycles. The van der Waals surface area contributed by atoms with Gasteiger partial charge < -0.3 is 15.6 Å². The van der Waals surface area contributed by atoms with Gasteiger partial charge in [0.05, 0.1) is 18.0 Å². The summed E-state index contributed by atoms with van der Waals surface area (Å²) < 4.78 is 47.9. The van der Waals surface area contributed by atoms with Crippen LogP contribution in [0.15, 0.2) is 77.7 Å². The van der Waals surface area contributed by atoms with Gasteiger partial charge in [-0.25, -0.2) is 12.8 Å².